The van der Waals surface area contributed by atoms with E-state index >= 15 is 0 Å². The Morgan fingerprint density at radius 3 is 2.75 bits per heavy atom. The van der Waals surface area contributed by atoms with Crippen LogP contribution in [0.15, 0.2) is 42.9 Å². The van der Waals surface area contributed by atoms with E-state index in [0.29, 0.717) is 16.6 Å². The van der Waals surface area contributed by atoms with Crippen LogP contribution in [-0.2, 0) is 11.8 Å². The minimum Gasteiger partial charge on any atom is -0.310 e. The highest BCUT2D eigenvalue weighted by molar-refractivity contribution is 8.00. The number of carbonyl (C=O) groups is 1. The topological polar surface area (TPSA) is 64.7 Å². The van der Waals surface area contributed by atoms with Crippen molar-refractivity contribution in [2.24, 2.45) is 7.05 Å². The molecule has 0 aliphatic carbocycles. The van der Waals surface area contributed by atoms with E-state index in [1.807, 2.05) is 31.6 Å². The number of nitrogens with one attached hydrogen (secondary N) is 1. The molecule has 1 aliphatic rings. The van der Waals surface area contributed by atoms with Gasteiger partial charge in [0.1, 0.15) is 5.82 Å². The third-order valence-electron chi connectivity index (χ3n) is 3.82. The quantitative estimate of drug-likeness (QED) is 0.763. The summed E-state index contributed by atoms with van der Waals surface area (Å²) in [6, 6.07) is 7.35. The Labute approximate surface area is 147 Å². The standard InChI is InChI=1S/C16H14ClN5OS/c1-21-8-10(6-18-21)15-13-7-19-22(12-4-2-11(17)3-5-12)16(13)20-14(23)9-24-15/h2-8,15H,9H2,1H3,(H,20,23)/t15-/m1/s1. The van der Waals surface area contributed by atoms with Crippen molar-refractivity contribution in [1.82, 2.24) is 19.6 Å². The smallest absolute Gasteiger partial charge is 0.235 e. The van der Waals surface area contributed by atoms with Gasteiger partial charge >= 0.3 is 0 Å². The monoisotopic (exact) mass is 359 g/mol. The highest BCUT2D eigenvalue weighted by atomic mass is 35.5. The number of thioether (sulfide) groups is 1. The molecule has 1 aromatic carbocycles. The molecule has 1 aliphatic heterocycles. The van der Waals surface area contributed by atoms with Crippen molar-refractivity contribution in [2.45, 2.75) is 5.25 Å². The van der Waals surface area contributed by atoms with E-state index in [9.17, 15) is 4.79 Å². The van der Waals surface area contributed by atoms with Gasteiger partial charge in [-0.15, -0.1) is 11.8 Å². The summed E-state index contributed by atoms with van der Waals surface area (Å²) in [7, 11) is 1.88. The maximum Gasteiger partial charge on any atom is 0.235 e. The first-order chi connectivity index (χ1) is 11.6. The van der Waals surface area contributed by atoms with Crippen LogP contribution in [0.2, 0.25) is 5.02 Å². The fraction of sp³-hybridized carbons (Fsp3) is 0.188. The number of fused-ring (bicyclic) bond motifs is 1. The van der Waals surface area contributed by atoms with Crippen LogP contribution in [0.4, 0.5) is 5.82 Å². The van der Waals surface area contributed by atoms with Gasteiger partial charge in [-0.1, -0.05) is 11.6 Å². The average molecular weight is 360 g/mol. The molecule has 0 spiro atoms. The molecule has 0 radical (unpaired) electrons. The van der Waals surface area contributed by atoms with Gasteiger partial charge in [0.25, 0.3) is 0 Å². The Kier molecular flexibility index (Phi) is 3.82. The van der Waals surface area contributed by atoms with Crippen LogP contribution in [-0.4, -0.2) is 31.2 Å². The highest BCUT2D eigenvalue weighted by Gasteiger charge is 2.28. The van der Waals surface area contributed by atoms with Gasteiger partial charge in [-0.2, -0.15) is 10.2 Å². The van der Waals surface area contributed by atoms with Crippen LogP contribution < -0.4 is 5.32 Å². The number of aromatic nitrogens is 4. The van der Waals surface area contributed by atoms with Gasteiger partial charge in [0, 0.05) is 29.4 Å². The second-order valence-electron chi connectivity index (χ2n) is 5.52. The van der Waals surface area contributed by atoms with Crippen LogP contribution >= 0.6 is 23.4 Å². The molecule has 3 aromatic rings. The van der Waals surface area contributed by atoms with Crippen molar-refractivity contribution >= 4 is 35.1 Å². The highest BCUT2D eigenvalue weighted by Crippen LogP contribution is 2.41. The van der Waals surface area contributed by atoms with Crippen molar-refractivity contribution in [3.63, 3.8) is 0 Å². The number of aryl methyl sites for hydroxylation is 1. The van der Waals surface area contributed by atoms with Crippen LogP contribution in [0.1, 0.15) is 16.4 Å². The largest absolute Gasteiger partial charge is 0.310 e. The molecular formula is C16H14ClN5OS. The van der Waals surface area contributed by atoms with Gasteiger partial charge in [-0.25, -0.2) is 4.68 Å². The van der Waals surface area contributed by atoms with E-state index in [1.54, 1.807) is 39.5 Å². The van der Waals surface area contributed by atoms with Gasteiger partial charge in [-0.3, -0.25) is 9.48 Å². The second-order valence-corrected chi connectivity index (χ2v) is 7.05. The van der Waals surface area contributed by atoms with Crippen molar-refractivity contribution in [1.29, 1.82) is 0 Å². The lowest BCUT2D eigenvalue weighted by atomic mass is 10.1. The Balaban J connectivity index is 1.82. The van der Waals surface area contributed by atoms with Gasteiger partial charge < -0.3 is 5.32 Å². The van der Waals surface area contributed by atoms with Gasteiger partial charge in [0.2, 0.25) is 5.91 Å². The Hall–Kier alpha value is -2.25. The summed E-state index contributed by atoms with van der Waals surface area (Å²) in [6.07, 6.45) is 5.61. The predicted molar refractivity (Wildman–Crippen MR) is 94.7 cm³/mol. The Morgan fingerprint density at radius 2 is 2.04 bits per heavy atom. The lowest BCUT2D eigenvalue weighted by Crippen LogP contribution is -2.15. The first-order valence-electron chi connectivity index (χ1n) is 7.35. The van der Waals surface area contributed by atoms with Crippen molar-refractivity contribution < 1.29 is 4.79 Å². The molecular weight excluding hydrogens is 346 g/mol. The molecule has 1 atom stereocenters. The molecule has 0 saturated heterocycles. The number of hydrogen-bond acceptors (Lipinski definition) is 4. The fourth-order valence-corrected chi connectivity index (χ4v) is 3.91. The Morgan fingerprint density at radius 1 is 1.25 bits per heavy atom. The van der Waals surface area contributed by atoms with Crippen molar-refractivity contribution in [2.75, 3.05) is 11.1 Å². The van der Waals surface area contributed by atoms with Gasteiger partial charge in [-0.05, 0) is 24.3 Å². The minimum atomic E-state index is -0.0386. The van der Waals surface area contributed by atoms with E-state index in [4.69, 9.17) is 11.6 Å². The van der Waals surface area contributed by atoms with Crippen molar-refractivity contribution in [3.8, 4) is 5.69 Å². The molecule has 0 unspecified atom stereocenters. The lowest BCUT2D eigenvalue weighted by molar-refractivity contribution is -0.113. The van der Waals surface area contributed by atoms with E-state index in [2.05, 4.69) is 15.5 Å². The summed E-state index contributed by atoms with van der Waals surface area (Å²) in [4.78, 5) is 12.1. The molecule has 4 rings (SSSR count). The Bertz CT molecular complexity index is 902. The molecule has 1 amide bonds. The maximum absolute atomic E-state index is 12.1. The summed E-state index contributed by atoms with van der Waals surface area (Å²) >= 11 is 7.53. The first kappa shape index (κ1) is 15.3. The van der Waals surface area contributed by atoms with Gasteiger partial charge in [0.05, 0.1) is 29.1 Å². The number of nitrogens with zero attached hydrogens (tertiary/aromatic N) is 4. The maximum atomic E-state index is 12.1. The molecule has 2 aromatic heterocycles. The van der Waals surface area contributed by atoms with Gasteiger partial charge in [0.15, 0.2) is 0 Å². The normalized spacial score (nSPS) is 17.2. The first-order valence-corrected chi connectivity index (χ1v) is 8.78. The zero-order chi connectivity index (χ0) is 16.7. The van der Waals surface area contributed by atoms with Crippen LogP contribution in [0, 0.1) is 0 Å². The summed E-state index contributed by atoms with van der Waals surface area (Å²) in [6.45, 7) is 0. The zero-order valence-electron chi connectivity index (χ0n) is 12.8. The summed E-state index contributed by atoms with van der Waals surface area (Å²) in [5.41, 5.74) is 2.86. The van der Waals surface area contributed by atoms with E-state index in [0.717, 1.165) is 16.8 Å². The molecule has 0 saturated carbocycles. The zero-order valence-corrected chi connectivity index (χ0v) is 14.4. The predicted octanol–water partition coefficient (Wildman–Crippen LogP) is 3.03. The number of halogens is 1. The molecule has 0 bridgehead atoms. The number of benzene rings is 1. The fourth-order valence-electron chi connectivity index (χ4n) is 2.72. The van der Waals surface area contributed by atoms with Crippen LogP contribution in [0.5, 0.6) is 0 Å². The third-order valence-corrected chi connectivity index (χ3v) is 5.36. The van der Waals surface area contributed by atoms with E-state index in [1.165, 1.54) is 0 Å². The minimum absolute atomic E-state index is 0.00806. The number of amides is 1. The number of carbonyl (C=O) groups excluding carboxylic acids is 1. The van der Waals surface area contributed by atoms with Crippen LogP contribution in [0.25, 0.3) is 5.69 Å². The molecule has 122 valence electrons. The molecule has 6 nitrogen and oxygen atoms in total. The third kappa shape index (κ3) is 2.70. The molecule has 1 N–H and O–H groups in total. The second kappa shape index (κ2) is 5.99. The summed E-state index contributed by atoms with van der Waals surface area (Å²) in [5, 5.41) is 12.4. The molecule has 24 heavy (non-hydrogen) atoms. The lowest BCUT2D eigenvalue weighted by Gasteiger charge is -2.12. The molecule has 3 heterocycles. The SMILES string of the molecule is Cn1cc([C@H]2SCC(=O)Nc3c2cnn3-c2ccc(Cl)cc2)cn1. The number of hydrogen-bond donors (Lipinski definition) is 1. The van der Waals surface area contributed by atoms with E-state index in [-0.39, 0.29) is 11.2 Å². The number of anilines is 1. The molecule has 8 heteroatoms. The summed E-state index contributed by atoms with van der Waals surface area (Å²) in [5.74, 6) is 1.04. The van der Waals surface area contributed by atoms with Crippen LogP contribution in [0.3, 0.4) is 0 Å². The summed E-state index contributed by atoms with van der Waals surface area (Å²) < 4.78 is 3.50. The van der Waals surface area contributed by atoms with E-state index < -0.39 is 0 Å². The number of rotatable bonds is 2. The average Bonchev–Trinajstić information content (AvgIpc) is 3.12. The van der Waals surface area contributed by atoms with Crippen molar-refractivity contribution in [3.05, 3.63) is 59.0 Å². The molecule has 0 fully saturated rings.